The van der Waals surface area contributed by atoms with Gasteiger partial charge in [0.05, 0.1) is 5.56 Å². The highest BCUT2D eigenvalue weighted by molar-refractivity contribution is 9.10. The van der Waals surface area contributed by atoms with Crippen molar-refractivity contribution < 1.29 is 9.90 Å². The predicted molar refractivity (Wildman–Crippen MR) is 80.9 cm³/mol. The lowest BCUT2D eigenvalue weighted by molar-refractivity contribution is 0.0725. The van der Waals surface area contributed by atoms with Gasteiger partial charge in [0.15, 0.2) is 0 Å². The molecular formula is C15H19BrN2O2. The number of halogens is 1. The molecular weight excluding hydrogens is 320 g/mol. The SMILES string of the molecule is O=C(c1cc(Br)ccc1O)N(CC1CCCN1)C1CC1. The minimum absolute atomic E-state index is 0.0556. The quantitative estimate of drug-likeness (QED) is 0.886. The first-order valence-electron chi connectivity index (χ1n) is 7.18. The summed E-state index contributed by atoms with van der Waals surface area (Å²) in [5.41, 5.74) is 0.393. The van der Waals surface area contributed by atoms with Crippen molar-refractivity contribution in [1.82, 2.24) is 10.2 Å². The Bertz CT molecular complexity index is 511. The smallest absolute Gasteiger partial charge is 0.257 e. The van der Waals surface area contributed by atoms with Gasteiger partial charge in [0, 0.05) is 23.1 Å². The van der Waals surface area contributed by atoms with Crippen LogP contribution in [0.25, 0.3) is 0 Å². The normalized spacial score (nSPS) is 21.9. The van der Waals surface area contributed by atoms with Gasteiger partial charge in [0.1, 0.15) is 5.75 Å². The fraction of sp³-hybridized carbons (Fsp3) is 0.533. The van der Waals surface area contributed by atoms with Crippen LogP contribution in [0.4, 0.5) is 0 Å². The summed E-state index contributed by atoms with van der Waals surface area (Å²) in [6.07, 6.45) is 4.46. The summed E-state index contributed by atoms with van der Waals surface area (Å²) < 4.78 is 0.813. The van der Waals surface area contributed by atoms with Gasteiger partial charge in [0.25, 0.3) is 5.91 Å². The lowest BCUT2D eigenvalue weighted by Gasteiger charge is -2.26. The van der Waals surface area contributed by atoms with Crippen molar-refractivity contribution in [3.8, 4) is 5.75 Å². The molecule has 1 aromatic carbocycles. The minimum Gasteiger partial charge on any atom is -0.507 e. The topological polar surface area (TPSA) is 52.6 Å². The van der Waals surface area contributed by atoms with E-state index in [0.29, 0.717) is 17.6 Å². The number of carbonyl (C=O) groups excluding carboxylic acids is 1. The van der Waals surface area contributed by atoms with Gasteiger partial charge in [-0.05, 0) is 50.4 Å². The van der Waals surface area contributed by atoms with Crippen molar-refractivity contribution in [1.29, 1.82) is 0 Å². The molecule has 1 heterocycles. The molecule has 2 N–H and O–H groups in total. The van der Waals surface area contributed by atoms with Crippen molar-refractivity contribution in [2.45, 2.75) is 37.8 Å². The second kappa shape index (κ2) is 5.74. The van der Waals surface area contributed by atoms with Crippen LogP contribution >= 0.6 is 15.9 Å². The van der Waals surface area contributed by atoms with E-state index in [-0.39, 0.29) is 11.7 Å². The second-order valence-electron chi connectivity index (χ2n) is 5.64. The molecule has 108 valence electrons. The number of nitrogens with zero attached hydrogens (tertiary/aromatic N) is 1. The number of hydrogen-bond acceptors (Lipinski definition) is 3. The second-order valence-corrected chi connectivity index (χ2v) is 6.56. The summed E-state index contributed by atoms with van der Waals surface area (Å²) in [6.45, 7) is 1.79. The molecule has 5 heteroatoms. The highest BCUT2D eigenvalue weighted by atomic mass is 79.9. The maximum absolute atomic E-state index is 12.7. The van der Waals surface area contributed by atoms with Gasteiger partial charge in [-0.3, -0.25) is 4.79 Å². The summed E-state index contributed by atoms with van der Waals surface area (Å²) in [5, 5.41) is 13.4. The van der Waals surface area contributed by atoms with E-state index in [1.807, 2.05) is 4.90 Å². The molecule has 1 aromatic rings. The maximum Gasteiger partial charge on any atom is 0.257 e. The zero-order valence-electron chi connectivity index (χ0n) is 11.3. The van der Waals surface area contributed by atoms with Crippen molar-refractivity contribution in [2.24, 2.45) is 0 Å². The predicted octanol–water partition coefficient (Wildman–Crippen LogP) is 2.51. The third kappa shape index (κ3) is 2.99. The number of phenols is 1. The molecule has 1 unspecified atom stereocenters. The van der Waals surface area contributed by atoms with Crippen LogP contribution in [0.1, 0.15) is 36.0 Å². The summed E-state index contributed by atoms with van der Waals surface area (Å²) in [5.74, 6) is 0.00299. The molecule has 0 spiro atoms. The third-order valence-corrected chi connectivity index (χ3v) is 4.51. The van der Waals surface area contributed by atoms with Gasteiger partial charge >= 0.3 is 0 Å². The number of phenolic OH excluding ortho intramolecular Hbond substituents is 1. The van der Waals surface area contributed by atoms with Crippen LogP contribution in [0.2, 0.25) is 0 Å². The maximum atomic E-state index is 12.7. The van der Waals surface area contributed by atoms with E-state index >= 15 is 0 Å². The van der Waals surface area contributed by atoms with E-state index in [4.69, 9.17) is 0 Å². The number of hydrogen-bond donors (Lipinski definition) is 2. The van der Waals surface area contributed by atoms with Crippen LogP contribution in [0.5, 0.6) is 5.75 Å². The Kier molecular flexibility index (Phi) is 3.98. The number of nitrogens with one attached hydrogen (secondary N) is 1. The van der Waals surface area contributed by atoms with Crippen molar-refractivity contribution in [2.75, 3.05) is 13.1 Å². The summed E-state index contributed by atoms with van der Waals surface area (Å²) in [4.78, 5) is 14.6. The summed E-state index contributed by atoms with van der Waals surface area (Å²) in [7, 11) is 0. The summed E-state index contributed by atoms with van der Waals surface area (Å²) >= 11 is 3.36. The minimum atomic E-state index is -0.0556. The molecule has 4 nitrogen and oxygen atoms in total. The average molecular weight is 339 g/mol. The van der Waals surface area contributed by atoms with Gasteiger partial charge in [-0.2, -0.15) is 0 Å². The van der Waals surface area contributed by atoms with Gasteiger partial charge in [-0.25, -0.2) is 0 Å². The van der Waals surface area contributed by atoms with Crippen molar-refractivity contribution in [3.63, 3.8) is 0 Å². The molecule has 1 aliphatic carbocycles. The Hall–Kier alpha value is -1.07. The molecule has 1 amide bonds. The molecule has 0 aromatic heterocycles. The van der Waals surface area contributed by atoms with Gasteiger partial charge in [-0.15, -0.1) is 0 Å². The highest BCUT2D eigenvalue weighted by Gasteiger charge is 2.35. The molecule has 0 radical (unpaired) electrons. The van der Waals surface area contributed by atoms with Crippen LogP contribution in [0.3, 0.4) is 0 Å². The first-order valence-corrected chi connectivity index (χ1v) is 7.97. The lowest BCUT2D eigenvalue weighted by Crippen LogP contribution is -2.42. The number of rotatable bonds is 4. The first kappa shape index (κ1) is 13.9. The van der Waals surface area contributed by atoms with Crippen LogP contribution < -0.4 is 5.32 Å². The van der Waals surface area contributed by atoms with Crippen LogP contribution in [0.15, 0.2) is 22.7 Å². The van der Waals surface area contributed by atoms with E-state index in [9.17, 15) is 9.90 Å². The zero-order valence-corrected chi connectivity index (χ0v) is 12.9. The molecule has 2 aliphatic rings. The Balaban J connectivity index is 1.79. The summed E-state index contributed by atoms with van der Waals surface area (Å²) in [6, 6.07) is 5.76. The van der Waals surface area contributed by atoms with E-state index in [0.717, 1.165) is 36.8 Å². The standard InChI is InChI=1S/C15H19BrN2O2/c16-10-3-6-14(19)13(8-10)15(20)18(12-4-5-12)9-11-2-1-7-17-11/h3,6,8,11-12,17,19H,1-2,4-5,7,9H2. The average Bonchev–Trinajstić information content (AvgIpc) is 3.15. The monoisotopic (exact) mass is 338 g/mol. The van der Waals surface area contributed by atoms with Crippen molar-refractivity contribution >= 4 is 21.8 Å². The van der Waals surface area contributed by atoms with Gasteiger partial charge in [-0.1, -0.05) is 15.9 Å². The third-order valence-electron chi connectivity index (χ3n) is 4.02. The van der Waals surface area contributed by atoms with E-state index < -0.39 is 0 Å². The van der Waals surface area contributed by atoms with Gasteiger partial charge < -0.3 is 15.3 Å². The fourth-order valence-electron chi connectivity index (χ4n) is 2.77. The zero-order chi connectivity index (χ0) is 14.1. The molecule has 20 heavy (non-hydrogen) atoms. The number of amides is 1. The molecule has 1 saturated heterocycles. The van der Waals surface area contributed by atoms with Crippen LogP contribution in [0, 0.1) is 0 Å². The van der Waals surface area contributed by atoms with E-state index in [2.05, 4.69) is 21.2 Å². The Morgan fingerprint density at radius 2 is 2.20 bits per heavy atom. The molecule has 1 aliphatic heterocycles. The Morgan fingerprint density at radius 1 is 1.40 bits per heavy atom. The molecule has 3 rings (SSSR count). The molecule has 1 saturated carbocycles. The highest BCUT2D eigenvalue weighted by Crippen LogP contribution is 2.31. The first-order chi connectivity index (χ1) is 9.65. The lowest BCUT2D eigenvalue weighted by atomic mass is 10.1. The Labute approximate surface area is 127 Å². The fourth-order valence-corrected chi connectivity index (χ4v) is 3.13. The van der Waals surface area contributed by atoms with Crippen molar-refractivity contribution in [3.05, 3.63) is 28.2 Å². The van der Waals surface area contributed by atoms with E-state index in [1.54, 1.807) is 18.2 Å². The molecule has 2 fully saturated rings. The van der Waals surface area contributed by atoms with Crippen LogP contribution in [-0.2, 0) is 0 Å². The number of benzene rings is 1. The number of aromatic hydroxyl groups is 1. The Morgan fingerprint density at radius 3 is 2.85 bits per heavy atom. The molecule has 1 atom stereocenters. The van der Waals surface area contributed by atoms with E-state index in [1.165, 1.54) is 6.42 Å². The van der Waals surface area contributed by atoms with Gasteiger partial charge in [0.2, 0.25) is 0 Å². The number of carbonyl (C=O) groups is 1. The largest absolute Gasteiger partial charge is 0.507 e. The van der Waals surface area contributed by atoms with Crippen LogP contribution in [-0.4, -0.2) is 41.1 Å². The molecule has 0 bridgehead atoms.